The van der Waals surface area contributed by atoms with E-state index in [2.05, 4.69) is 410 Å². The molecular weight excluding hydrogens is 1320 g/mol. The van der Waals surface area contributed by atoms with Crippen LogP contribution in [0, 0.1) is 277 Å². The van der Waals surface area contributed by atoms with E-state index >= 15 is 0 Å². The molecule has 0 saturated heterocycles. The summed E-state index contributed by atoms with van der Waals surface area (Å²) in [7, 11) is 0. The van der Waals surface area contributed by atoms with Crippen LogP contribution < -0.4 is 0 Å². The SMILES string of the molecule is Cc1c(C)c(C)c(C)c(C)c1C.Cc1cc(C)c(C)c(C)c1.Cc1cc(C)c(C)c(C)c1.Cc1cc(C)c(C)c(C)c1C.Cc1cc(C)c(C)c(C)c1C.Cc1cc(C)c2c(C)c(C)ccc2c1.Cc1ccc2c(C)c(C)cc(C)c2c1.Cc1ccc2c(C)c(C)ccc2c1C.Cc1ccc2c(C)ccc(C)c2c1C. The number of hydrogen-bond donors (Lipinski definition) is 0. The van der Waals surface area contributed by atoms with Crippen LogP contribution in [-0.2, 0) is 0 Å². The van der Waals surface area contributed by atoms with Crippen molar-refractivity contribution in [1.29, 1.82) is 0 Å². The predicted octanol–water partition coefficient (Wildman–Crippen LogP) is 32.1. The maximum absolute atomic E-state index is 2.27. The molecule has 0 N–H and O–H groups in total. The molecule has 110 heavy (non-hydrogen) atoms. The fourth-order valence-corrected chi connectivity index (χ4v) is 15.2. The molecule has 0 spiro atoms. The molecule has 0 aromatic heterocycles. The van der Waals surface area contributed by atoms with Crippen molar-refractivity contribution in [1.82, 2.24) is 0 Å². The third-order valence-corrected chi connectivity index (χ3v) is 25.4. The van der Waals surface area contributed by atoms with Gasteiger partial charge in [0.15, 0.2) is 0 Å². The fourth-order valence-electron chi connectivity index (χ4n) is 15.2. The van der Waals surface area contributed by atoms with Crippen LogP contribution in [0.4, 0.5) is 0 Å². The number of aryl methyl sites for hydroxylation is 26. The molecule has 0 aliphatic rings. The Kier molecular flexibility index (Phi) is 33.0. The predicted molar refractivity (Wildman–Crippen MR) is 497 cm³/mol. The Morgan fingerprint density at radius 3 is 0.736 bits per heavy atom. The average molecular weight is 1460 g/mol. The normalized spacial score (nSPS) is 10.5. The zero-order chi connectivity index (χ0) is 83.3. The molecule has 0 nitrogen and oxygen atoms in total. The summed E-state index contributed by atoms with van der Waals surface area (Å²) in [6.45, 7) is 87.4. The highest BCUT2D eigenvalue weighted by atomic mass is 14.2. The van der Waals surface area contributed by atoms with Crippen LogP contribution in [0.5, 0.6) is 0 Å². The van der Waals surface area contributed by atoms with Crippen LogP contribution in [0.3, 0.4) is 0 Å². The van der Waals surface area contributed by atoms with Crippen molar-refractivity contribution in [3.63, 3.8) is 0 Å². The standard InChI is InChI=1S/4C14H16.C12H18.2C11H16.2C10H14/c1-9-5-7-14-12(4)10(2)6-8-13(14)11(9)3;1-9-7-11(3)14-12(4)10(2)5-6-13(14)8-9;1-9-5-6-13-12(4)10(2)8-11(3)14(13)7-9;1-9-7-8-13-10(2)5-6-11(3)14(13)12(9)4;1-7-8(2)10(4)12(6)11(5)9(7)3;2*1-7-6-8(2)10(4)11(5)9(7)3;2*1-7-5-8(2)10(4)9(3)6-7/h4*5-8H,1-4H3;1-6H3;2*6H,1-5H3;2*5-6H,1-4H3. The number of hydrogen-bond acceptors (Lipinski definition) is 0. The van der Waals surface area contributed by atoms with Gasteiger partial charge in [-0.3, -0.25) is 0 Å². The van der Waals surface area contributed by atoms with E-state index in [4.69, 9.17) is 0 Å². The van der Waals surface area contributed by atoms with Gasteiger partial charge in [0.2, 0.25) is 0 Å². The summed E-state index contributed by atoms with van der Waals surface area (Å²) in [5, 5.41) is 11.2. The molecule has 13 aromatic carbocycles. The van der Waals surface area contributed by atoms with Crippen LogP contribution in [0.25, 0.3) is 43.1 Å². The minimum Gasteiger partial charge on any atom is -0.0587 e. The van der Waals surface area contributed by atoms with E-state index in [-0.39, 0.29) is 0 Å². The van der Waals surface area contributed by atoms with Gasteiger partial charge in [0.25, 0.3) is 0 Å². The first kappa shape index (κ1) is 91.5. The Balaban J connectivity index is 0.000000222. The lowest BCUT2D eigenvalue weighted by Gasteiger charge is -2.15. The molecule has 0 aliphatic carbocycles. The van der Waals surface area contributed by atoms with Crippen molar-refractivity contribution < 1.29 is 0 Å². The van der Waals surface area contributed by atoms with Gasteiger partial charge in [-0.25, -0.2) is 0 Å². The number of fused-ring (bicyclic) bond motifs is 4. The van der Waals surface area contributed by atoms with Gasteiger partial charge in [-0.05, 0) is 520 Å². The maximum atomic E-state index is 2.27. The molecule has 0 fully saturated rings. The van der Waals surface area contributed by atoms with Crippen LogP contribution in [0.2, 0.25) is 0 Å². The first-order valence-corrected chi connectivity index (χ1v) is 40.2. The first-order valence-electron chi connectivity index (χ1n) is 40.2. The molecule has 0 saturated carbocycles. The van der Waals surface area contributed by atoms with E-state index in [9.17, 15) is 0 Å². The van der Waals surface area contributed by atoms with Crippen molar-refractivity contribution in [2.75, 3.05) is 0 Å². The molecule has 0 aliphatic heterocycles. The molecule has 0 amide bonds. The molecule has 582 valence electrons. The zero-order valence-corrected chi connectivity index (χ0v) is 76.7. The van der Waals surface area contributed by atoms with Gasteiger partial charge in [-0.15, -0.1) is 0 Å². The summed E-state index contributed by atoms with van der Waals surface area (Å²) in [5.41, 5.74) is 56.3. The van der Waals surface area contributed by atoms with Gasteiger partial charge in [0, 0.05) is 0 Å². The monoisotopic (exact) mass is 1460 g/mol. The molecule has 0 heteroatoms. The summed E-state index contributed by atoms with van der Waals surface area (Å²) in [4.78, 5) is 0. The lowest BCUT2D eigenvalue weighted by Crippen LogP contribution is -1.98. The molecular formula is C110H142. The number of rotatable bonds is 0. The molecule has 0 radical (unpaired) electrons. The van der Waals surface area contributed by atoms with Crippen molar-refractivity contribution in [2.45, 2.75) is 277 Å². The molecule has 13 aromatic rings. The van der Waals surface area contributed by atoms with E-state index in [1.165, 1.54) is 266 Å². The van der Waals surface area contributed by atoms with Crippen LogP contribution in [0.15, 0.2) is 133 Å². The Hall–Kier alpha value is -9.10. The minimum absolute atomic E-state index is 1.34. The second-order valence-corrected chi connectivity index (χ2v) is 33.2. The Labute approximate surface area is 671 Å². The van der Waals surface area contributed by atoms with E-state index in [0.29, 0.717) is 0 Å². The third kappa shape index (κ3) is 22.6. The highest BCUT2D eigenvalue weighted by molar-refractivity contribution is 5.93. The Bertz CT molecular complexity index is 5080. The average Bonchev–Trinajstić information content (AvgIpc) is 0.801. The zero-order valence-electron chi connectivity index (χ0n) is 76.7. The minimum atomic E-state index is 1.34. The maximum Gasteiger partial charge on any atom is -0.0120 e. The lowest BCUT2D eigenvalue weighted by molar-refractivity contribution is 1.13. The van der Waals surface area contributed by atoms with Gasteiger partial charge in [0.1, 0.15) is 0 Å². The summed E-state index contributed by atoms with van der Waals surface area (Å²) in [6, 6.07) is 49.1. The van der Waals surface area contributed by atoms with Gasteiger partial charge in [-0.2, -0.15) is 0 Å². The summed E-state index contributed by atoms with van der Waals surface area (Å²) < 4.78 is 0. The van der Waals surface area contributed by atoms with Crippen LogP contribution >= 0.6 is 0 Å². The first-order chi connectivity index (χ1) is 51.2. The van der Waals surface area contributed by atoms with Crippen molar-refractivity contribution in [3.05, 3.63) is 356 Å². The van der Waals surface area contributed by atoms with E-state index in [0.717, 1.165) is 0 Å². The van der Waals surface area contributed by atoms with Crippen molar-refractivity contribution in [2.24, 2.45) is 0 Å². The van der Waals surface area contributed by atoms with Crippen LogP contribution in [-0.4, -0.2) is 0 Å². The van der Waals surface area contributed by atoms with E-state index in [1.807, 2.05) is 0 Å². The molecule has 0 bridgehead atoms. The van der Waals surface area contributed by atoms with Gasteiger partial charge in [0.05, 0.1) is 0 Å². The molecule has 13 rings (SSSR count). The summed E-state index contributed by atoms with van der Waals surface area (Å²) >= 11 is 0. The Morgan fingerprint density at radius 2 is 0.355 bits per heavy atom. The highest BCUT2D eigenvalue weighted by Gasteiger charge is 2.12. The topological polar surface area (TPSA) is 0 Å². The van der Waals surface area contributed by atoms with E-state index in [1.54, 1.807) is 0 Å². The lowest BCUT2D eigenvalue weighted by atomic mass is 9.90. The quantitative estimate of drug-likeness (QED) is 0.142. The second kappa shape index (κ2) is 39.7. The summed E-state index contributed by atoms with van der Waals surface area (Å²) in [6.07, 6.45) is 0. The second-order valence-electron chi connectivity index (χ2n) is 33.2. The molecule has 0 heterocycles. The van der Waals surface area contributed by atoms with Crippen molar-refractivity contribution >= 4 is 43.1 Å². The van der Waals surface area contributed by atoms with E-state index < -0.39 is 0 Å². The smallest absolute Gasteiger partial charge is 0.0120 e. The summed E-state index contributed by atoms with van der Waals surface area (Å²) in [5.74, 6) is 0. The molecule has 0 unspecified atom stereocenters. The van der Waals surface area contributed by atoms with Gasteiger partial charge < -0.3 is 0 Å². The number of benzene rings is 13. The highest BCUT2D eigenvalue weighted by Crippen LogP contribution is 2.32. The third-order valence-electron chi connectivity index (χ3n) is 25.4. The van der Waals surface area contributed by atoms with Crippen molar-refractivity contribution in [3.8, 4) is 0 Å². The Morgan fingerprint density at radius 1 is 0.109 bits per heavy atom. The fraction of sp³-hybridized carbons (Fsp3) is 0.364. The largest absolute Gasteiger partial charge is 0.0587 e. The molecule has 0 atom stereocenters. The van der Waals surface area contributed by atoms with Crippen LogP contribution in [0.1, 0.15) is 223 Å². The van der Waals surface area contributed by atoms with Gasteiger partial charge >= 0.3 is 0 Å². The van der Waals surface area contributed by atoms with Gasteiger partial charge in [-0.1, -0.05) is 156 Å².